The van der Waals surface area contributed by atoms with Crippen molar-refractivity contribution >= 4 is 27.5 Å². The molecule has 0 fully saturated rings. The molecule has 0 amide bonds. The maximum Gasteiger partial charge on any atom is 0.163 e. The van der Waals surface area contributed by atoms with Gasteiger partial charge in [0.25, 0.3) is 0 Å². The SMILES string of the molecule is CC(C)CN(CC(C)C)c1ccc2nc(-c3cc4cn(C)nc4cc3O)ncc2c1. The zero-order valence-electron chi connectivity index (χ0n) is 18.3. The Morgan fingerprint density at radius 2 is 1.70 bits per heavy atom. The Morgan fingerprint density at radius 1 is 0.967 bits per heavy atom. The van der Waals surface area contributed by atoms with Gasteiger partial charge in [0.2, 0.25) is 0 Å². The van der Waals surface area contributed by atoms with Crippen molar-refractivity contribution in [3.05, 3.63) is 42.7 Å². The molecule has 0 aliphatic heterocycles. The number of fused-ring (bicyclic) bond motifs is 2. The number of phenolic OH excluding ortho intramolecular Hbond substituents is 1. The maximum atomic E-state index is 10.5. The van der Waals surface area contributed by atoms with Gasteiger partial charge in [-0.15, -0.1) is 0 Å². The predicted octanol–water partition coefficient (Wildman–Crippen LogP) is 5.01. The first-order valence-electron chi connectivity index (χ1n) is 10.5. The molecule has 0 radical (unpaired) electrons. The van der Waals surface area contributed by atoms with E-state index in [1.165, 1.54) is 5.69 Å². The smallest absolute Gasteiger partial charge is 0.163 e. The Morgan fingerprint density at radius 3 is 2.40 bits per heavy atom. The minimum atomic E-state index is 0.136. The van der Waals surface area contributed by atoms with Crippen molar-refractivity contribution in [1.82, 2.24) is 19.7 Å². The van der Waals surface area contributed by atoms with Gasteiger partial charge in [-0.1, -0.05) is 27.7 Å². The topological polar surface area (TPSA) is 67.1 Å². The Labute approximate surface area is 177 Å². The molecule has 0 spiro atoms. The normalized spacial score (nSPS) is 11.8. The maximum absolute atomic E-state index is 10.5. The summed E-state index contributed by atoms with van der Waals surface area (Å²) in [6, 6.07) is 9.89. The molecule has 156 valence electrons. The summed E-state index contributed by atoms with van der Waals surface area (Å²) in [4.78, 5) is 11.7. The number of anilines is 1. The van der Waals surface area contributed by atoms with Gasteiger partial charge in [-0.05, 0) is 36.1 Å². The third-order valence-electron chi connectivity index (χ3n) is 5.08. The minimum absolute atomic E-state index is 0.136. The van der Waals surface area contributed by atoms with Crippen LogP contribution in [0.25, 0.3) is 33.2 Å². The predicted molar refractivity (Wildman–Crippen MR) is 123 cm³/mol. The standard InChI is InChI=1S/C24H29N5O/c1-15(2)12-29(13-16(3)4)19-6-7-21-17(8-19)11-25-24(26-21)20-9-18-14-28(5)27-22(18)10-23(20)30/h6-11,14-16,30H,12-13H2,1-5H3. The molecule has 2 aromatic carbocycles. The fourth-order valence-corrected chi connectivity index (χ4v) is 3.88. The van der Waals surface area contributed by atoms with Gasteiger partial charge in [0, 0.05) is 55.1 Å². The lowest BCUT2D eigenvalue weighted by Gasteiger charge is -2.28. The average Bonchev–Trinajstić information content (AvgIpc) is 3.04. The van der Waals surface area contributed by atoms with Gasteiger partial charge in [0.05, 0.1) is 16.6 Å². The second kappa shape index (κ2) is 7.94. The van der Waals surface area contributed by atoms with Gasteiger partial charge < -0.3 is 10.0 Å². The van der Waals surface area contributed by atoms with Gasteiger partial charge in [-0.3, -0.25) is 4.68 Å². The zero-order valence-corrected chi connectivity index (χ0v) is 18.3. The quantitative estimate of drug-likeness (QED) is 0.490. The molecule has 0 bridgehead atoms. The molecule has 0 unspecified atom stereocenters. The second-order valence-electron chi connectivity index (χ2n) is 8.86. The van der Waals surface area contributed by atoms with Crippen molar-refractivity contribution in [2.45, 2.75) is 27.7 Å². The van der Waals surface area contributed by atoms with E-state index in [0.717, 1.165) is 34.9 Å². The molecule has 30 heavy (non-hydrogen) atoms. The van der Waals surface area contributed by atoms with Crippen LogP contribution in [0.2, 0.25) is 0 Å². The summed E-state index contributed by atoms with van der Waals surface area (Å²) in [6.07, 6.45) is 3.76. The third kappa shape index (κ3) is 4.08. The first-order chi connectivity index (χ1) is 14.3. The molecular weight excluding hydrogens is 374 g/mol. The van der Waals surface area contributed by atoms with Crippen LogP contribution >= 0.6 is 0 Å². The molecule has 2 aromatic heterocycles. The van der Waals surface area contributed by atoms with Crippen LogP contribution in [-0.2, 0) is 7.05 Å². The van der Waals surface area contributed by atoms with E-state index in [2.05, 4.69) is 54.8 Å². The summed E-state index contributed by atoms with van der Waals surface area (Å²) in [6.45, 7) is 11.0. The van der Waals surface area contributed by atoms with Gasteiger partial charge in [-0.25, -0.2) is 9.97 Å². The van der Waals surface area contributed by atoms with Crippen LogP contribution in [0.5, 0.6) is 5.75 Å². The lowest BCUT2D eigenvalue weighted by Crippen LogP contribution is -2.31. The highest BCUT2D eigenvalue weighted by Gasteiger charge is 2.14. The summed E-state index contributed by atoms with van der Waals surface area (Å²) in [5.74, 6) is 1.82. The van der Waals surface area contributed by atoms with E-state index < -0.39 is 0 Å². The summed E-state index contributed by atoms with van der Waals surface area (Å²) in [5.41, 5.74) is 3.42. The summed E-state index contributed by atoms with van der Waals surface area (Å²) >= 11 is 0. The second-order valence-corrected chi connectivity index (χ2v) is 8.86. The van der Waals surface area contributed by atoms with Gasteiger partial charge in [0.1, 0.15) is 5.75 Å². The van der Waals surface area contributed by atoms with Crippen molar-refractivity contribution in [1.29, 1.82) is 0 Å². The Balaban J connectivity index is 1.72. The number of benzene rings is 2. The van der Waals surface area contributed by atoms with Crippen molar-refractivity contribution in [2.75, 3.05) is 18.0 Å². The molecule has 0 saturated carbocycles. The number of aromatic nitrogens is 4. The molecule has 4 rings (SSSR count). The lowest BCUT2D eigenvalue weighted by molar-refractivity contribution is 0.477. The molecular formula is C24H29N5O. The largest absolute Gasteiger partial charge is 0.507 e. The molecule has 6 heteroatoms. The number of aromatic hydroxyl groups is 1. The fourth-order valence-electron chi connectivity index (χ4n) is 3.88. The number of phenols is 1. The van der Waals surface area contributed by atoms with Crippen LogP contribution in [0.3, 0.4) is 0 Å². The Hall–Kier alpha value is -3.15. The zero-order chi connectivity index (χ0) is 21.4. The highest BCUT2D eigenvalue weighted by atomic mass is 16.3. The van der Waals surface area contributed by atoms with E-state index in [-0.39, 0.29) is 5.75 Å². The number of aryl methyl sites for hydroxylation is 1. The van der Waals surface area contributed by atoms with Crippen LogP contribution < -0.4 is 4.90 Å². The lowest BCUT2D eigenvalue weighted by atomic mass is 10.1. The number of hydrogen-bond acceptors (Lipinski definition) is 5. The highest BCUT2D eigenvalue weighted by molar-refractivity contribution is 5.88. The number of nitrogens with zero attached hydrogens (tertiary/aromatic N) is 5. The van der Waals surface area contributed by atoms with E-state index in [9.17, 15) is 5.11 Å². The van der Waals surface area contributed by atoms with Gasteiger partial charge in [-0.2, -0.15) is 5.10 Å². The summed E-state index contributed by atoms with van der Waals surface area (Å²) in [7, 11) is 1.86. The average molecular weight is 404 g/mol. The van der Waals surface area contributed by atoms with E-state index in [1.807, 2.05) is 31.6 Å². The number of rotatable bonds is 6. The van der Waals surface area contributed by atoms with Crippen LogP contribution in [0.4, 0.5) is 5.69 Å². The number of hydrogen-bond donors (Lipinski definition) is 1. The Bertz CT molecular complexity index is 1190. The van der Waals surface area contributed by atoms with E-state index in [1.54, 1.807) is 10.7 Å². The Kier molecular flexibility index (Phi) is 5.33. The third-order valence-corrected chi connectivity index (χ3v) is 5.08. The van der Waals surface area contributed by atoms with Crippen molar-refractivity contribution < 1.29 is 5.11 Å². The molecule has 6 nitrogen and oxygen atoms in total. The highest BCUT2D eigenvalue weighted by Crippen LogP contribution is 2.32. The monoisotopic (exact) mass is 403 g/mol. The summed E-state index contributed by atoms with van der Waals surface area (Å²) < 4.78 is 1.73. The van der Waals surface area contributed by atoms with Gasteiger partial charge >= 0.3 is 0 Å². The molecule has 2 heterocycles. The van der Waals surface area contributed by atoms with Crippen molar-refractivity contribution in [3.8, 4) is 17.1 Å². The molecule has 0 aliphatic carbocycles. The van der Waals surface area contributed by atoms with Crippen LogP contribution in [-0.4, -0.2) is 37.9 Å². The summed E-state index contributed by atoms with van der Waals surface area (Å²) in [5, 5.41) is 16.8. The molecule has 1 N–H and O–H groups in total. The molecule has 0 aliphatic rings. The van der Waals surface area contributed by atoms with E-state index in [4.69, 9.17) is 4.98 Å². The molecule has 4 aromatic rings. The molecule has 0 saturated heterocycles. The van der Waals surface area contributed by atoms with E-state index >= 15 is 0 Å². The van der Waals surface area contributed by atoms with Crippen LogP contribution in [0.1, 0.15) is 27.7 Å². The van der Waals surface area contributed by atoms with Crippen molar-refractivity contribution in [3.63, 3.8) is 0 Å². The van der Waals surface area contributed by atoms with Crippen molar-refractivity contribution in [2.24, 2.45) is 18.9 Å². The van der Waals surface area contributed by atoms with E-state index in [0.29, 0.717) is 23.2 Å². The first-order valence-corrected chi connectivity index (χ1v) is 10.5. The minimum Gasteiger partial charge on any atom is -0.507 e. The van der Waals surface area contributed by atoms with Gasteiger partial charge in [0.15, 0.2) is 5.82 Å². The molecule has 0 atom stereocenters. The fraction of sp³-hybridized carbons (Fsp3) is 0.375. The first kappa shape index (κ1) is 20.1. The van der Waals surface area contributed by atoms with Crippen LogP contribution in [0, 0.1) is 11.8 Å². The van der Waals surface area contributed by atoms with Crippen LogP contribution in [0.15, 0.2) is 42.7 Å².